The maximum atomic E-state index is 10.2. The molecule has 0 spiro atoms. The highest BCUT2D eigenvalue weighted by Gasteiger charge is 2.23. The summed E-state index contributed by atoms with van der Waals surface area (Å²) >= 11 is 0. The second-order valence-corrected chi connectivity index (χ2v) is 9.93. The van der Waals surface area contributed by atoms with E-state index < -0.39 is 12.2 Å². The van der Waals surface area contributed by atoms with Crippen molar-refractivity contribution in [2.24, 2.45) is 0 Å². The normalized spacial score (nSPS) is 15.7. The second-order valence-electron chi connectivity index (χ2n) is 9.93. The molecule has 3 heteroatoms. The molecule has 0 aromatic rings. The Kier molecular flexibility index (Phi) is 23.0. The van der Waals surface area contributed by atoms with Crippen LogP contribution in [0.1, 0.15) is 156 Å². The predicted molar refractivity (Wildman–Crippen MR) is 136 cm³/mol. The monoisotopic (exact) mass is 442 g/mol. The maximum absolute atomic E-state index is 10.2. The lowest BCUT2D eigenvalue weighted by Crippen LogP contribution is -2.36. The standard InChI is InChI=1S/C28H58O3/c1-5-7-9-11-13-15-17-19-21-23-27(25(3)29)31-28(26(4)30)24-22-20-18-16-14-12-10-8-6-2/h25-30H,5-24H2,1-4H3. The van der Waals surface area contributed by atoms with Gasteiger partial charge in [0.05, 0.1) is 24.4 Å². The fourth-order valence-electron chi connectivity index (χ4n) is 4.38. The second kappa shape index (κ2) is 23.1. The average molecular weight is 443 g/mol. The highest BCUT2D eigenvalue weighted by atomic mass is 16.5. The van der Waals surface area contributed by atoms with Crippen LogP contribution >= 0.6 is 0 Å². The summed E-state index contributed by atoms with van der Waals surface area (Å²) in [7, 11) is 0. The Morgan fingerprint density at radius 3 is 0.968 bits per heavy atom. The molecule has 0 aromatic carbocycles. The molecule has 0 radical (unpaired) electrons. The van der Waals surface area contributed by atoms with E-state index in [1.165, 1.54) is 103 Å². The Morgan fingerprint density at radius 1 is 0.452 bits per heavy atom. The van der Waals surface area contributed by atoms with Crippen LogP contribution in [0.25, 0.3) is 0 Å². The topological polar surface area (TPSA) is 49.7 Å². The van der Waals surface area contributed by atoms with Gasteiger partial charge in [-0.1, -0.05) is 129 Å². The van der Waals surface area contributed by atoms with E-state index in [0.29, 0.717) is 0 Å². The van der Waals surface area contributed by atoms with Gasteiger partial charge >= 0.3 is 0 Å². The molecule has 4 unspecified atom stereocenters. The molecule has 0 heterocycles. The molecule has 2 N–H and O–H groups in total. The van der Waals surface area contributed by atoms with Crippen molar-refractivity contribution in [3.8, 4) is 0 Å². The molecule has 0 aromatic heterocycles. The third-order valence-electron chi connectivity index (χ3n) is 6.61. The van der Waals surface area contributed by atoms with E-state index >= 15 is 0 Å². The summed E-state index contributed by atoms with van der Waals surface area (Å²) < 4.78 is 6.22. The van der Waals surface area contributed by atoms with Gasteiger partial charge in [0.25, 0.3) is 0 Å². The van der Waals surface area contributed by atoms with Crippen molar-refractivity contribution in [3.05, 3.63) is 0 Å². The van der Waals surface area contributed by atoms with Gasteiger partial charge in [-0.2, -0.15) is 0 Å². The number of aliphatic hydroxyl groups excluding tert-OH is 2. The van der Waals surface area contributed by atoms with Crippen LogP contribution in [0.5, 0.6) is 0 Å². The van der Waals surface area contributed by atoms with Crippen molar-refractivity contribution in [2.45, 2.75) is 181 Å². The van der Waals surface area contributed by atoms with E-state index in [2.05, 4.69) is 13.8 Å². The molecule has 0 rings (SSSR count). The van der Waals surface area contributed by atoms with Crippen LogP contribution in [-0.2, 0) is 4.74 Å². The Morgan fingerprint density at radius 2 is 0.710 bits per heavy atom. The van der Waals surface area contributed by atoms with Crippen LogP contribution in [0.4, 0.5) is 0 Å². The van der Waals surface area contributed by atoms with E-state index in [4.69, 9.17) is 4.74 Å². The number of hydrogen-bond donors (Lipinski definition) is 2. The van der Waals surface area contributed by atoms with E-state index in [1.54, 1.807) is 0 Å². The van der Waals surface area contributed by atoms with Gasteiger partial charge in [-0.25, -0.2) is 0 Å². The zero-order valence-corrected chi connectivity index (χ0v) is 21.8. The Balaban J connectivity index is 3.95. The smallest absolute Gasteiger partial charge is 0.0836 e. The van der Waals surface area contributed by atoms with Gasteiger partial charge in [-0.3, -0.25) is 0 Å². The lowest BCUT2D eigenvalue weighted by atomic mass is 10.0. The quantitative estimate of drug-likeness (QED) is 0.148. The molecule has 0 aliphatic rings. The minimum Gasteiger partial charge on any atom is -0.391 e. The fourth-order valence-corrected chi connectivity index (χ4v) is 4.38. The minimum absolute atomic E-state index is 0.150. The van der Waals surface area contributed by atoms with Crippen molar-refractivity contribution < 1.29 is 14.9 Å². The molecular weight excluding hydrogens is 384 g/mol. The summed E-state index contributed by atoms with van der Waals surface area (Å²) in [4.78, 5) is 0. The third-order valence-corrected chi connectivity index (χ3v) is 6.61. The van der Waals surface area contributed by atoms with E-state index in [-0.39, 0.29) is 12.2 Å². The Bertz CT molecular complexity index is 311. The molecule has 4 atom stereocenters. The third kappa shape index (κ3) is 20.2. The van der Waals surface area contributed by atoms with E-state index in [1.807, 2.05) is 13.8 Å². The van der Waals surface area contributed by atoms with Gasteiger partial charge < -0.3 is 14.9 Å². The van der Waals surface area contributed by atoms with Crippen molar-refractivity contribution in [1.82, 2.24) is 0 Å². The van der Waals surface area contributed by atoms with Gasteiger partial charge in [-0.05, 0) is 26.7 Å². The molecule has 31 heavy (non-hydrogen) atoms. The molecule has 0 saturated heterocycles. The minimum atomic E-state index is -0.474. The molecule has 0 fully saturated rings. The molecule has 0 aliphatic carbocycles. The molecule has 0 saturated carbocycles. The van der Waals surface area contributed by atoms with Crippen LogP contribution in [0.15, 0.2) is 0 Å². The first-order chi connectivity index (χ1) is 15.0. The van der Waals surface area contributed by atoms with Crippen molar-refractivity contribution in [2.75, 3.05) is 0 Å². The van der Waals surface area contributed by atoms with E-state index in [9.17, 15) is 10.2 Å². The summed E-state index contributed by atoms with van der Waals surface area (Å²) in [6, 6.07) is 0. The summed E-state index contributed by atoms with van der Waals surface area (Å²) in [6.07, 6.45) is 24.1. The van der Waals surface area contributed by atoms with Gasteiger partial charge in [0.15, 0.2) is 0 Å². The zero-order valence-electron chi connectivity index (χ0n) is 21.8. The van der Waals surface area contributed by atoms with Gasteiger partial charge in [0.1, 0.15) is 0 Å². The fraction of sp³-hybridized carbons (Fsp3) is 1.00. The molecular formula is C28H58O3. The van der Waals surface area contributed by atoms with Gasteiger partial charge in [-0.15, -0.1) is 0 Å². The molecule has 3 nitrogen and oxygen atoms in total. The first-order valence-corrected chi connectivity index (χ1v) is 14.0. The summed E-state index contributed by atoms with van der Waals surface area (Å²) in [5.41, 5.74) is 0. The first-order valence-electron chi connectivity index (χ1n) is 14.0. The predicted octanol–water partition coefficient (Wildman–Crippen LogP) is 8.34. The Labute approximate surface area is 195 Å². The summed E-state index contributed by atoms with van der Waals surface area (Å²) in [5.74, 6) is 0. The lowest BCUT2D eigenvalue weighted by molar-refractivity contribution is -0.114. The number of unbranched alkanes of at least 4 members (excludes halogenated alkanes) is 16. The highest BCUT2D eigenvalue weighted by molar-refractivity contribution is 4.72. The van der Waals surface area contributed by atoms with Gasteiger partial charge in [0.2, 0.25) is 0 Å². The summed E-state index contributed by atoms with van der Waals surface area (Å²) in [6.45, 7) is 8.19. The van der Waals surface area contributed by atoms with Crippen LogP contribution in [0, 0.1) is 0 Å². The van der Waals surface area contributed by atoms with Crippen LogP contribution in [0.3, 0.4) is 0 Å². The average Bonchev–Trinajstić information content (AvgIpc) is 2.74. The van der Waals surface area contributed by atoms with Crippen molar-refractivity contribution in [3.63, 3.8) is 0 Å². The molecule has 0 amide bonds. The van der Waals surface area contributed by atoms with Crippen LogP contribution < -0.4 is 0 Å². The van der Waals surface area contributed by atoms with Gasteiger partial charge in [0, 0.05) is 0 Å². The first kappa shape index (κ1) is 30.9. The molecule has 0 aliphatic heterocycles. The number of aliphatic hydroxyl groups is 2. The zero-order chi connectivity index (χ0) is 23.2. The highest BCUT2D eigenvalue weighted by Crippen LogP contribution is 2.20. The van der Waals surface area contributed by atoms with Crippen LogP contribution in [0.2, 0.25) is 0 Å². The van der Waals surface area contributed by atoms with Crippen molar-refractivity contribution in [1.29, 1.82) is 0 Å². The number of hydrogen-bond acceptors (Lipinski definition) is 3. The lowest BCUT2D eigenvalue weighted by Gasteiger charge is -2.29. The summed E-state index contributed by atoms with van der Waals surface area (Å²) in [5, 5.41) is 20.4. The molecule has 188 valence electrons. The van der Waals surface area contributed by atoms with Crippen molar-refractivity contribution >= 4 is 0 Å². The van der Waals surface area contributed by atoms with E-state index in [0.717, 1.165) is 25.7 Å². The maximum Gasteiger partial charge on any atom is 0.0836 e. The van der Waals surface area contributed by atoms with Crippen LogP contribution in [-0.4, -0.2) is 34.6 Å². The number of ether oxygens (including phenoxy) is 1. The number of rotatable bonds is 24. The largest absolute Gasteiger partial charge is 0.391 e. The SMILES string of the molecule is CCCCCCCCCCCC(OC(CCCCCCCCCCC)C(C)O)C(C)O. The molecule has 0 bridgehead atoms. The Hall–Kier alpha value is -0.120.